The summed E-state index contributed by atoms with van der Waals surface area (Å²) in [5.74, 6) is -0.171. The molecular formula is C10H18N2O3. The summed E-state index contributed by atoms with van der Waals surface area (Å²) >= 11 is 0. The number of nitrogens with one attached hydrogen (secondary N) is 1. The van der Waals surface area contributed by atoms with Crippen LogP contribution in [0.1, 0.15) is 13.3 Å². The van der Waals surface area contributed by atoms with Crippen molar-refractivity contribution >= 4 is 5.97 Å². The molecule has 0 atom stereocenters. The smallest absolute Gasteiger partial charge is 0.307 e. The van der Waals surface area contributed by atoms with Crippen LogP contribution in [0.25, 0.3) is 0 Å². The van der Waals surface area contributed by atoms with Crippen LogP contribution in [-0.4, -0.2) is 43.9 Å². The number of esters is 1. The van der Waals surface area contributed by atoms with Gasteiger partial charge in [-0.15, -0.1) is 0 Å². The molecule has 0 saturated heterocycles. The minimum absolute atomic E-state index is 0.171. The van der Waals surface area contributed by atoms with E-state index in [1.165, 1.54) is 0 Å². The van der Waals surface area contributed by atoms with Gasteiger partial charge in [-0.1, -0.05) is 0 Å². The SMILES string of the molecule is CCOCCOC(=O)CCN1C=CNC1. The molecule has 0 fully saturated rings. The van der Waals surface area contributed by atoms with Crippen LogP contribution >= 0.6 is 0 Å². The van der Waals surface area contributed by atoms with Gasteiger partial charge in [-0.05, 0) is 6.92 Å². The van der Waals surface area contributed by atoms with Gasteiger partial charge in [-0.2, -0.15) is 0 Å². The Hall–Kier alpha value is -1.23. The second kappa shape index (κ2) is 7.11. The number of hydrogen-bond donors (Lipinski definition) is 1. The average Bonchev–Trinajstić information content (AvgIpc) is 2.74. The van der Waals surface area contributed by atoms with Crippen LogP contribution in [0, 0.1) is 0 Å². The molecule has 86 valence electrons. The zero-order valence-corrected chi connectivity index (χ0v) is 9.07. The molecule has 0 aromatic carbocycles. The highest BCUT2D eigenvalue weighted by Crippen LogP contribution is 1.97. The van der Waals surface area contributed by atoms with Crippen molar-refractivity contribution in [3.63, 3.8) is 0 Å². The fourth-order valence-corrected chi connectivity index (χ4v) is 1.20. The van der Waals surface area contributed by atoms with Crippen molar-refractivity contribution in [1.29, 1.82) is 0 Å². The molecule has 1 aliphatic rings. The summed E-state index contributed by atoms with van der Waals surface area (Å²) in [6.07, 6.45) is 4.20. The number of carbonyl (C=O) groups excluding carboxylic acids is 1. The van der Waals surface area contributed by atoms with E-state index in [0.717, 1.165) is 6.67 Å². The van der Waals surface area contributed by atoms with Gasteiger partial charge in [0.05, 0.1) is 19.7 Å². The highest BCUT2D eigenvalue weighted by atomic mass is 16.6. The summed E-state index contributed by atoms with van der Waals surface area (Å²) in [7, 11) is 0. The number of nitrogens with zero attached hydrogens (tertiary/aromatic N) is 1. The predicted molar refractivity (Wildman–Crippen MR) is 55.9 cm³/mol. The van der Waals surface area contributed by atoms with E-state index in [1.807, 2.05) is 24.2 Å². The Morgan fingerprint density at radius 2 is 2.40 bits per heavy atom. The summed E-state index contributed by atoms with van der Waals surface area (Å²) < 4.78 is 10.0. The number of rotatable bonds is 7. The molecule has 0 amide bonds. The zero-order chi connectivity index (χ0) is 10.9. The molecule has 0 aromatic rings. The Bertz CT molecular complexity index is 219. The monoisotopic (exact) mass is 214 g/mol. The van der Waals surface area contributed by atoms with Gasteiger partial charge in [0.25, 0.3) is 0 Å². The van der Waals surface area contributed by atoms with E-state index in [-0.39, 0.29) is 5.97 Å². The van der Waals surface area contributed by atoms with E-state index in [1.54, 1.807) is 0 Å². The quantitative estimate of drug-likeness (QED) is 0.487. The summed E-state index contributed by atoms with van der Waals surface area (Å²) in [5, 5.41) is 3.03. The van der Waals surface area contributed by atoms with Gasteiger partial charge in [0.1, 0.15) is 6.61 Å². The normalized spacial score (nSPS) is 14.1. The first-order chi connectivity index (χ1) is 7.33. The molecule has 0 saturated carbocycles. The van der Waals surface area contributed by atoms with Crippen molar-refractivity contribution in [2.75, 3.05) is 33.0 Å². The first-order valence-corrected chi connectivity index (χ1v) is 5.20. The number of carbonyl (C=O) groups is 1. The van der Waals surface area contributed by atoms with E-state index < -0.39 is 0 Å². The molecule has 5 nitrogen and oxygen atoms in total. The molecule has 1 N–H and O–H groups in total. The molecule has 5 heteroatoms. The van der Waals surface area contributed by atoms with Gasteiger partial charge in [0, 0.05) is 25.6 Å². The lowest BCUT2D eigenvalue weighted by Crippen LogP contribution is -2.24. The molecule has 0 aliphatic carbocycles. The molecule has 0 aromatic heterocycles. The lowest BCUT2D eigenvalue weighted by Gasteiger charge is -2.13. The largest absolute Gasteiger partial charge is 0.463 e. The maximum atomic E-state index is 11.2. The fourth-order valence-electron chi connectivity index (χ4n) is 1.20. The van der Waals surface area contributed by atoms with Crippen LogP contribution in [0.2, 0.25) is 0 Å². The molecule has 0 radical (unpaired) electrons. The third-order valence-electron chi connectivity index (χ3n) is 2.00. The first-order valence-electron chi connectivity index (χ1n) is 5.20. The topological polar surface area (TPSA) is 50.8 Å². The average molecular weight is 214 g/mol. The molecular weight excluding hydrogens is 196 g/mol. The van der Waals surface area contributed by atoms with Crippen LogP contribution < -0.4 is 5.32 Å². The van der Waals surface area contributed by atoms with E-state index in [0.29, 0.717) is 32.8 Å². The predicted octanol–water partition coefficient (Wildman–Crippen LogP) is 0.290. The van der Waals surface area contributed by atoms with Crippen molar-refractivity contribution in [2.45, 2.75) is 13.3 Å². The van der Waals surface area contributed by atoms with Gasteiger partial charge in [-0.25, -0.2) is 0 Å². The minimum atomic E-state index is -0.171. The van der Waals surface area contributed by atoms with Crippen LogP contribution in [0.15, 0.2) is 12.4 Å². The van der Waals surface area contributed by atoms with Crippen molar-refractivity contribution in [3.8, 4) is 0 Å². The van der Waals surface area contributed by atoms with Gasteiger partial charge in [-0.3, -0.25) is 4.79 Å². The van der Waals surface area contributed by atoms with Crippen LogP contribution in [0.5, 0.6) is 0 Å². The van der Waals surface area contributed by atoms with E-state index in [2.05, 4.69) is 5.32 Å². The zero-order valence-electron chi connectivity index (χ0n) is 9.07. The lowest BCUT2D eigenvalue weighted by atomic mass is 10.4. The standard InChI is InChI=1S/C10H18N2O3/c1-2-14-7-8-15-10(13)3-5-12-6-4-11-9-12/h4,6,11H,2-3,5,7-9H2,1H3. The second-order valence-corrected chi connectivity index (χ2v) is 3.16. The third-order valence-corrected chi connectivity index (χ3v) is 2.00. The van der Waals surface area contributed by atoms with Crippen molar-refractivity contribution in [3.05, 3.63) is 12.4 Å². The van der Waals surface area contributed by atoms with Gasteiger partial charge >= 0.3 is 5.97 Å². The van der Waals surface area contributed by atoms with Crippen molar-refractivity contribution < 1.29 is 14.3 Å². The molecule has 1 heterocycles. The maximum absolute atomic E-state index is 11.2. The Kier molecular flexibility index (Phi) is 5.62. The van der Waals surface area contributed by atoms with Gasteiger partial charge in [0.15, 0.2) is 0 Å². The van der Waals surface area contributed by atoms with E-state index >= 15 is 0 Å². The van der Waals surface area contributed by atoms with E-state index in [9.17, 15) is 4.79 Å². The number of hydrogen-bond acceptors (Lipinski definition) is 5. The maximum Gasteiger partial charge on any atom is 0.307 e. The lowest BCUT2D eigenvalue weighted by molar-refractivity contribution is -0.145. The second-order valence-electron chi connectivity index (χ2n) is 3.16. The Morgan fingerprint density at radius 3 is 3.07 bits per heavy atom. The molecule has 0 spiro atoms. The Labute approximate surface area is 90.0 Å². The molecule has 1 aliphatic heterocycles. The first kappa shape index (κ1) is 11.8. The summed E-state index contributed by atoms with van der Waals surface area (Å²) in [5.41, 5.74) is 0. The highest BCUT2D eigenvalue weighted by Gasteiger charge is 2.07. The van der Waals surface area contributed by atoms with Crippen LogP contribution in [0.4, 0.5) is 0 Å². The summed E-state index contributed by atoms with van der Waals surface area (Å²) in [4.78, 5) is 13.2. The minimum Gasteiger partial charge on any atom is -0.463 e. The molecule has 15 heavy (non-hydrogen) atoms. The molecule has 0 bridgehead atoms. The van der Waals surface area contributed by atoms with Gasteiger partial charge in [0.2, 0.25) is 0 Å². The number of ether oxygens (including phenoxy) is 2. The Morgan fingerprint density at radius 1 is 1.53 bits per heavy atom. The van der Waals surface area contributed by atoms with Crippen molar-refractivity contribution in [2.24, 2.45) is 0 Å². The summed E-state index contributed by atoms with van der Waals surface area (Å²) in [6, 6.07) is 0. The van der Waals surface area contributed by atoms with Crippen LogP contribution in [0.3, 0.4) is 0 Å². The molecule has 1 rings (SSSR count). The van der Waals surface area contributed by atoms with E-state index in [4.69, 9.17) is 9.47 Å². The Balaban J connectivity index is 1.95. The highest BCUT2D eigenvalue weighted by molar-refractivity contribution is 5.69. The summed E-state index contributed by atoms with van der Waals surface area (Å²) in [6.45, 7) is 4.85. The van der Waals surface area contributed by atoms with Crippen LogP contribution in [-0.2, 0) is 14.3 Å². The third kappa shape index (κ3) is 5.27. The van der Waals surface area contributed by atoms with Crippen molar-refractivity contribution in [1.82, 2.24) is 10.2 Å². The molecule has 0 unspecified atom stereocenters. The van der Waals surface area contributed by atoms with Gasteiger partial charge < -0.3 is 19.7 Å². The fraction of sp³-hybridized carbons (Fsp3) is 0.700.